The summed E-state index contributed by atoms with van der Waals surface area (Å²) in [6.07, 6.45) is 2.07. The molecule has 0 aromatic heterocycles. The molecule has 1 saturated heterocycles. The molecule has 6 heteroatoms. The summed E-state index contributed by atoms with van der Waals surface area (Å²) in [7, 11) is 0. The van der Waals surface area contributed by atoms with E-state index in [9.17, 15) is 9.18 Å². The van der Waals surface area contributed by atoms with Gasteiger partial charge in [0.1, 0.15) is 5.82 Å². The molecule has 0 unspecified atom stereocenters. The minimum atomic E-state index is -0.177. The van der Waals surface area contributed by atoms with Gasteiger partial charge in [0.25, 0.3) is 0 Å². The van der Waals surface area contributed by atoms with Gasteiger partial charge in [0, 0.05) is 50.5 Å². The van der Waals surface area contributed by atoms with E-state index in [4.69, 9.17) is 0 Å². The van der Waals surface area contributed by atoms with Crippen LogP contribution >= 0.6 is 15.9 Å². The van der Waals surface area contributed by atoms with Gasteiger partial charge >= 0.3 is 0 Å². The van der Waals surface area contributed by atoms with E-state index < -0.39 is 0 Å². The van der Waals surface area contributed by atoms with Gasteiger partial charge in [-0.3, -0.25) is 14.6 Å². The van der Waals surface area contributed by atoms with E-state index in [0.29, 0.717) is 23.1 Å². The first-order valence-electron chi connectivity index (χ1n) is 9.87. The van der Waals surface area contributed by atoms with Gasteiger partial charge in [-0.15, -0.1) is 0 Å². The predicted octanol–water partition coefficient (Wildman–Crippen LogP) is 3.69. The predicted molar refractivity (Wildman–Crippen MR) is 113 cm³/mol. The molecule has 2 heterocycles. The van der Waals surface area contributed by atoms with Gasteiger partial charge in [-0.1, -0.05) is 30.3 Å². The van der Waals surface area contributed by atoms with Crippen molar-refractivity contribution in [2.24, 2.45) is 0 Å². The fourth-order valence-corrected chi connectivity index (χ4v) is 4.49. The fourth-order valence-electron chi connectivity index (χ4n) is 4.09. The van der Waals surface area contributed by atoms with E-state index in [2.05, 4.69) is 37.9 Å². The number of hydrogen-bond acceptors (Lipinski definition) is 3. The van der Waals surface area contributed by atoms with Crippen molar-refractivity contribution >= 4 is 27.5 Å². The number of halogens is 2. The average Bonchev–Trinajstić information content (AvgIpc) is 2.72. The number of fused-ring (bicyclic) bond motifs is 1. The third kappa shape index (κ3) is 4.29. The van der Waals surface area contributed by atoms with Crippen LogP contribution in [0.1, 0.15) is 17.5 Å². The van der Waals surface area contributed by atoms with Crippen LogP contribution in [0.4, 0.5) is 10.1 Å². The Morgan fingerprint density at radius 2 is 1.71 bits per heavy atom. The van der Waals surface area contributed by atoms with Crippen molar-refractivity contribution < 1.29 is 9.18 Å². The van der Waals surface area contributed by atoms with E-state index in [0.717, 1.165) is 51.3 Å². The topological polar surface area (TPSA) is 26.8 Å². The lowest BCUT2D eigenvalue weighted by atomic mass is 10.0. The van der Waals surface area contributed by atoms with Crippen molar-refractivity contribution in [3.05, 3.63) is 63.9 Å². The Balaban J connectivity index is 1.31. The number of para-hydroxylation sites is 1. The van der Waals surface area contributed by atoms with Crippen molar-refractivity contribution in [1.29, 1.82) is 0 Å². The van der Waals surface area contributed by atoms with Crippen LogP contribution in [0.15, 0.2) is 46.9 Å². The van der Waals surface area contributed by atoms with E-state index in [1.165, 1.54) is 5.56 Å². The number of carbonyl (C=O) groups excluding carboxylic acids is 1. The third-order valence-corrected chi connectivity index (χ3v) is 6.27. The van der Waals surface area contributed by atoms with Crippen LogP contribution in [-0.2, 0) is 17.8 Å². The summed E-state index contributed by atoms with van der Waals surface area (Å²) in [6, 6.07) is 13.6. The average molecular weight is 446 g/mol. The van der Waals surface area contributed by atoms with Crippen molar-refractivity contribution in [3.8, 4) is 0 Å². The maximum absolute atomic E-state index is 14.2. The summed E-state index contributed by atoms with van der Waals surface area (Å²) < 4.78 is 14.7. The molecule has 148 valence electrons. The van der Waals surface area contributed by atoms with Crippen LogP contribution in [0.2, 0.25) is 0 Å². The molecule has 0 aliphatic carbocycles. The molecular formula is C22H25BrFN3O. The number of anilines is 1. The molecule has 4 rings (SSSR count). The number of benzene rings is 2. The molecule has 0 N–H and O–H groups in total. The maximum Gasteiger partial charge on any atom is 0.241 e. The molecule has 0 spiro atoms. The lowest BCUT2D eigenvalue weighted by molar-refractivity contribution is -0.120. The number of aryl methyl sites for hydroxylation is 1. The quantitative estimate of drug-likeness (QED) is 0.717. The SMILES string of the molecule is O=C(CN1CCN(Cc2cccc(Br)c2F)CC1)N1CCCc2ccccc21. The molecule has 0 saturated carbocycles. The van der Waals surface area contributed by atoms with Crippen LogP contribution in [0.5, 0.6) is 0 Å². The molecule has 2 aliphatic heterocycles. The van der Waals surface area contributed by atoms with E-state index in [-0.39, 0.29) is 11.7 Å². The molecule has 2 aromatic carbocycles. The normalized spacial score (nSPS) is 18.1. The van der Waals surface area contributed by atoms with Gasteiger partial charge in [-0.25, -0.2) is 4.39 Å². The summed E-state index contributed by atoms with van der Waals surface area (Å²) in [5.41, 5.74) is 3.05. The van der Waals surface area contributed by atoms with Gasteiger partial charge in [-0.05, 0) is 46.5 Å². The zero-order valence-corrected chi connectivity index (χ0v) is 17.5. The van der Waals surface area contributed by atoms with E-state index in [1.807, 2.05) is 29.2 Å². The van der Waals surface area contributed by atoms with Gasteiger partial charge in [0.05, 0.1) is 11.0 Å². The number of nitrogens with zero attached hydrogens (tertiary/aromatic N) is 3. The molecule has 0 bridgehead atoms. The van der Waals surface area contributed by atoms with Crippen LogP contribution < -0.4 is 4.90 Å². The molecule has 0 atom stereocenters. The van der Waals surface area contributed by atoms with Crippen LogP contribution in [-0.4, -0.2) is 55.0 Å². The summed E-state index contributed by atoms with van der Waals surface area (Å²) in [5, 5.41) is 0. The molecule has 2 aliphatic rings. The summed E-state index contributed by atoms with van der Waals surface area (Å²) in [4.78, 5) is 19.3. The second-order valence-corrected chi connectivity index (χ2v) is 8.40. The smallest absolute Gasteiger partial charge is 0.241 e. The highest BCUT2D eigenvalue weighted by Gasteiger charge is 2.25. The van der Waals surface area contributed by atoms with Crippen molar-refractivity contribution in [2.75, 3.05) is 44.2 Å². The second kappa shape index (κ2) is 8.72. The fraction of sp³-hybridized carbons (Fsp3) is 0.409. The zero-order chi connectivity index (χ0) is 19.5. The number of amides is 1. The minimum absolute atomic E-state index is 0.177. The first-order valence-corrected chi connectivity index (χ1v) is 10.7. The Kier molecular flexibility index (Phi) is 6.09. The number of rotatable bonds is 4. The minimum Gasteiger partial charge on any atom is -0.311 e. The molecule has 1 fully saturated rings. The Morgan fingerprint density at radius 3 is 2.54 bits per heavy atom. The largest absolute Gasteiger partial charge is 0.311 e. The summed E-state index contributed by atoms with van der Waals surface area (Å²) in [6.45, 7) is 5.21. The molecule has 28 heavy (non-hydrogen) atoms. The van der Waals surface area contributed by atoms with Crippen molar-refractivity contribution in [1.82, 2.24) is 9.80 Å². The Morgan fingerprint density at radius 1 is 0.964 bits per heavy atom. The standard InChI is InChI=1S/C22H25BrFN3O/c23-19-8-3-6-18(22(19)24)15-25-11-13-26(14-12-25)16-21(28)27-10-4-7-17-5-1-2-9-20(17)27/h1-3,5-6,8-9H,4,7,10-16H2. The Hall–Kier alpha value is -1.76. The van der Waals surface area contributed by atoms with Crippen LogP contribution in [0.25, 0.3) is 0 Å². The van der Waals surface area contributed by atoms with Crippen LogP contribution in [0, 0.1) is 5.82 Å². The first-order chi connectivity index (χ1) is 13.6. The Bertz CT molecular complexity index is 851. The third-order valence-electron chi connectivity index (χ3n) is 5.66. The summed E-state index contributed by atoms with van der Waals surface area (Å²) >= 11 is 3.25. The summed E-state index contributed by atoms with van der Waals surface area (Å²) in [5.74, 6) is 0.00232. The maximum atomic E-state index is 14.2. The zero-order valence-electron chi connectivity index (χ0n) is 15.9. The molecule has 2 aromatic rings. The van der Waals surface area contributed by atoms with Gasteiger partial charge in [0.2, 0.25) is 5.91 Å². The van der Waals surface area contributed by atoms with Gasteiger partial charge in [-0.2, -0.15) is 0 Å². The van der Waals surface area contributed by atoms with E-state index >= 15 is 0 Å². The molecule has 1 amide bonds. The lowest BCUT2D eigenvalue weighted by Gasteiger charge is -2.36. The number of piperazine rings is 1. The number of hydrogen-bond donors (Lipinski definition) is 0. The molecule has 4 nitrogen and oxygen atoms in total. The van der Waals surface area contributed by atoms with Crippen molar-refractivity contribution in [3.63, 3.8) is 0 Å². The second-order valence-electron chi connectivity index (χ2n) is 7.54. The van der Waals surface area contributed by atoms with Crippen molar-refractivity contribution in [2.45, 2.75) is 19.4 Å². The Labute approximate surface area is 174 Å². The van der Waals surface area contributed by atoms with Gasteiger partial charge in [0.15, 0.2) is 0 Å². The first kappa shape index (κ1) is 19.6. The van der Waals surface area contributed by atoms with Crippen LogP contribution in [0.3, 0.4) is 0 Å². The number of carbonyl (C=O) groups is 1. The molecular weight excluding hydrogens is 421 g/mol. The van der Waals surface area contributed by atoms with Gasteiger partial charge < -0.3 is 4.90 Å². The highest BCUT2D eigenvalue weighted by molar-refractivity contribution is 9.10. The lowest BCUT2D eigenvalue weighted by Crippen LogP contribution is -2.50. The molecule has 0 radical (unpaired) electrons. The highest BCUT2D eigenvalue weighted by Crippen LogP contribution is 2.27. The van der Waals surface area contributed by atoms with E-state index in [1.54, 1.807) is 6.07 Å². The highest BCUT2D eigenvalue weighted by atomic mass is 79.9. The monoisotopic (exact) mass is 445 g/mol.